The molecule has 0 spiro atoms. The highest BCUT2D eigenvalue weighted by Gasteiger charge is 2.37. The number of fused-ring (bicyclic) bond motifs is 1. The van der Waals surface area contributed by atoms with E-state index in [-0.39, 0.29) is 12.1 Å². The minimum Gasteiger partial charge on any atom is -0.245 e. The fourth-order valence-electron chi connectivity index (χ4n) is 1.20. The van der Waals surface area contributed by atoms with E-state index in [0.717, 1.165) is 13.4 Å². The maximum Gasteiger partial charge on any atom is 0.354 e. The summed E-state index contributed by atoms with van der Waals surface area (Å²) in [5.74, 6) is 0. The van der Waals surface area contributed by atoms with E-state index in [1.165, 1.54) is 3.93 Å². The summed E-state index contributed by atoms with van der Waals surface area (Å²) in [6, 6.07) is -0.437. The Morgan fingerprint density at radius 2 is 1.93 bits per heavy atom. The van der Waals surface area contributed by atoms with Crippen molar-refractivity contribution in [3.63, 3.8) is 0 Å². The molecule has 2 aliphatic rings. The van der Waals surface area contributed by atoms with Crippen molar-refractivity contribution in [3.8, 4) is 0 Å². The third-order valence-electron chi connectivity index (χ3n) is 1.85. The number of amides is 2. The van der Waals surface area contributed by atoms with Crippen molar-refractivity contribution in [3.05, 3.63) is 19.5 Å². The van der Waals surface area contributed by atoms with Crippen LogP contribution in [0.15, 0.2) is 24.5 Å². The van der Waals surface area contributed by atoms with Gasteiger partial charge in [-0.25, -0.2) is 8.72 Å². The van der Waals surface area contributed by atoms with Gasteiger partial charge in [0, 0.05) is 8.96 Å². The van der Waals surface area contributed by atoms with Crippen LogP contribution >= 0.6 is 63.9 Å². The van der Waals surface area contributed by atoms with Gasteiger partial charge in [0.2, 0.25) is 0 Å². The molecule has 0 saturated heterocycles. The summed E-state index contributed by atoms with van der Waals surface area (Å²) in [4.78, 5) is 15.2. The van der Waals surface area contributed by atoms with Crippen LogP contribution in [-0.4, -0.2) is 21.7 Å². The molecule has 74 valence electrons. The van der Waals surface area contributed by atoms with Crippen molar-refractivity contribution < 1.29 is 4.79 Å². The lowest BCUT2D eigenvalue weighted by molar-refractivity contribution is 0.239. The van der Waals surface area contributed by atoms with E-state index in [1.54, 1.807) is 0 Å². The van der Waals surface area contributed by atoms with Crippen LogP contribution in [0, 0.1) is 0 Å². The number of urea groups is 1. The first-order valence-corrected chi connectivity index (χ1v) is 6.62. The second-order valence-corrected chi connectivity index (χ2v) is 5.88. The molecule has 1 atom stereocenters. The summed E-state index contributed by atoms with van der Waals surface area (Å²) in [7, 11) is 0. The Bertz CT molecular complexity index is 412. The topological polar surface area (TPSA) is 32.7 Å². The highest BCUT2D eigenvalue weighted by atomic mass is 79.9. The van der Waals surface area contributed by atoms with Crippen LogP contribution in [0.25, 0.3) is 0 Å². The molecule has 0 radical (unpaired) electrons. The third kappa shape index (κ3) is 1.58. The minimum atomic E-state index is -0.291. The van der Waals surface area contributed by atoms with Gasteiger partial charge >= 0.3 is 6.03 Å². The number of allylic oxidation sites excluding steroid dienone is 2. The summed E-state index contributed by atoms with van der Waals surface area (Å²) in [5.41, 5.74) is 0.710. The predicted octanol–water partition coefficient (Wildman–Crippen LogP) is 3.84. The second-order valence-electron chi connectivity index (χ2n) is 2.68. The SMILES string of the molecule is O=C1N=C2C(Br)=C(Br)C(Br)=CC2N1Br. The van der Waals surface area contributed by atoms with Gasteiger partial charge in [-0.1, -0.05) is 0 Å². The van der Waals surface area contributed by atoms with Crippen molar-refractivity contribution in [2.45, 2.75) is 6.04 Å². The van der Waals surface area contributed by atoms with Crippen molar-refractivity contribution in [1.82, 2.24) is 3.93 Å². The van der Waals surface area contributed by atoms with Crippen molar-refractivity contribution in [1.29, 1.82) is 0 Å². The molecular formula is C7H2Br4N2O. The van der Waals surface area contributed by atoms with Crippen LogP contribution in [-0.2, 0) is 0 Å². The summed E-state index contributed by atoms with van der Waals surface area (Å²) >= 11 is 13.3. The normalized spacial score (nSPS) is 26.4. The molecule has 0 N–H and O–H groups in total. The maximum atomic E-state index is 11.3. The monoisotopic (exact) mass is 446 g/mol. The molecule has 3 nitrogen and oxygen atoms in total. The second kappa shape index (κ2) is 3.84. The fourth-order valence-corrected chi connectivity index (χ4v) is 3.17. The molecule has 1 aliphatic heterocycles. The van der Waals surface area contributed by atoms with Gasteiger partial charge in [0.05, 0.1) is 26.3 Å². The summed E-state index contributed by atoms with van der Waals surface area (Å²) < 4.78 is 3.97. The molecule has 0 fully saturated rings. The number of halogens is 4. The van der Waals surface area contributed by atoms with E-state index in [4.69, 9.17) is 0 Å². The van der Waals surface area contributed by atoms with Crippen molar-refractivity contribution >= 4 is 75.7 Å². The smallest absolute Gasteiger partial charge is 0.245 e. The minimum absolute atomic E-state index is 0.146. The summed E-state index contributed by atoms with van der Waals surface area (Å²) in [6.07, 6.45) is 1.90. The lowest BCUT2D eigenvalue weighted by Crippen LogP contribution is -2.30. The summed E-state index contributed by atoms with van der Waals surface area (Å²) in [5, 5.41) is 0. The number of carbonyl (C=O) groups is 1. The lowest BCUT2D eigenvalue weighted by atomic mass is 10.1. The van der Waals surface area contributed by atoms with Crippen LogP contribution in [0.1, 0.15) is 0 Å². The van der Waals surface area contributed by atoms with E-state index >= 15 is 0 Å². The van der Waals surface area contributed by atoms with Gasteiger partial charge in [-0.15, -0.1) is 0 Å². The molecule has 1 heterocycles. The number of carbonyl (C=O) groups excluding carboxylic acids is 1. The maximum absolute atomic E-state index is 11.3. The quantitative estimate of drug-likeness (QED) is 0.517. The zero-order chi connectivity index (χ0) is 10.5. The number of hydrogen-bond donors (Lipinski definition) is 0. The van der Waals surface area contributed by atoms with Gasteiger partial charge in [0.1, 0.15) is 6.04 Å². The molecular weight excluding hydrogens is 448 g/mol. The molecule has 0 bridgehead atoms. The van der Waals surface area contributed by atoms with Crippen LogP contribution in [0.4, 0.5) is 4.79 Å². The Morgan fingerprint density at radius 3 is 2.57 bits per heavy atom. The third-order valence-corrected chi connectivity index (χ3v) is 5.95. The van der Waals surface area contributed by atoms with Crippen molar-refractivity contribution in [2.75, 3.05) is 0 Å². The standard InChI is InChI=1S/C7H2Br4N2O/c8-2-1-3-6(5(10)4(2)9)12-7(14)13(3)11/h1,3H. The Morgan fingerprint density at radius 1 is 1.29 bits per heavy atom. The molecule has 1 unspecified atom stereocenters. The van der Waals surface area contributed by atoms with Crippen LogP contribution in [0.2, 0.25) is 0 Å². The first kappa shape index (κ1) is 11.0. The van der Waals surface area contributed by atoms with Gasteiger partial charge in [0.25, 0.3) is 0 Å². The molecule has 0 saturated carbocycles. The van der Waals surface area contributed by atoms with Gasteiger partial charge in [-0.05, 0) is 53.9 Å². The fraction of sp³-hybridized carbons (Fsp3) is 0.143. The Hall–Kier alpha value is 0.540. The molecule has 0 aromatic rings. The van der Waals surface area contributed by atoms with Gasteiger partial charge < -0.3 is 0 Å². The number of hydrogen-bond acceptors (Lipinski definition) is 1. The highest BCUT2D eigenvalue weighted by molar-refractivity contribution is 9.16. The zero-order valence-corrected chi connectivity index (χ0v) is 12.8. The van der Waals surface area contributed by atoms with Crippen LogP contribution in [0.3, 0.4) is 0 Å². The van der Waals surface area contributed by atoms with E-state index in [9.17, 15) is 4.79 Å². The van der Waals surface area contributed by atoms with Crippen molar-refractivity contribution in [2.24, 2.45) is 4.99 Å². The number of rotatable bonds is 0. The highest BCUT2D eigenvalue weighted by Crippen LogP contribution is 2.39. The van der Waals surface area contributed by atoms with Crippen LogP contribution < -0.4 is 0 Å². The number of aliphatic imine (C=N–C) groups is 1. The van der Waals surface area contributed by atoms with E-state index in [1.807, 2.05) is 6.08 Å². The van der Waals surface area contributed by atoms with E-state index in [2.05, 4.69) is 68.9 Å². The molecule has 7 heteroatoms. The predicted molar refractivity (Wildman–Crippen MR) is 69.3 cm³/mol. The lowest BCUT2D eigenvalue weighted by Gasteiger charge is -2.20. The first-order chi connectivity index (χ1) is 6.52. The number of nitrogens with zero attached hydrogens (tertiary/aromatic N) is 2. The largest absolute Gasteiger partial charge is 0.354 e. The Kier molecular flexibility index (Phi) is 3.03. The Labute approximate surface area is 114 Å². The van der Waals surface area contributed by atoms with Gasteiger partial charge in [-0.2, -0.15) is 4.99 Å². The molecule has 1 aliphatic carbocycles. The molecule has 0 aromatic carbocycles. The van der Waals surface area contributed by atoms with Gasteiger partial charge in [0.15, 0.2) is 0 Å². The van der Waals surface area contributed by atoms with Gasteiger partial charge in [-0.3, -0.25) is 0 Å². The molecule has 0 aromatic heterocycles. The first-order valence-electron chi connectivity index (χ1n) is 3.53. The van der Waals surface area contributed by atoms with Crippen LogP contribution in [0.5, 0.6) is 0 Å². The van der Waals surface area contributed by atoms with E-state index < -0.39 is 0 Å². The summed E-state index contributed by atoms with van der Waals surface area (Å²) in [6.45, 7) is 0. The zero-order valence-electron chi connectivity index (χ0n) is 6.47. The Balaban J connectivity index is 2.53. The average molecular weight is 450 g/mol. The van der Waals surface area contributed by atoms with E-state index in [0.29, 0.717) is 5.71 Å². The molecule has 14 heavy (non-hydrogen) atoms. The molecule has 2 rings (SSSR count). The average Bonchev–Trinajstić information content (AvgIpc) is 2.42. The molecule has 2 amide bonds.